The van der Waals surface area contributed by atoms with Crippen molar-refractivity contribution >= 4 is 11.6 Å². The van der Waals surface area contributed by atoms with Crippen LogP contribution in [0.3, 0.4) is 0 Å². The highest BCUT2D eigenvalue weighted by Gasteiger charge is 2.41. The Kier molecular flexibility index (Phi) is 4.65. The van der Waals surface area contributed by atoms with Crippen LogP contribution in [0, 0.1) is 16.7 Å². The first-order valence-corrected chi connectivity index (χ1v) is 8.10. The maximum atomic E-state index is 12.4. The molecule has 23 heavy (non-hydrogen) atoms. The fourth-order valence-electron chi connectivity index (χ4n) is 3.29. The quantitative estimate of drug-likeness (QED) is 0.910. The van der Waals surface area contributed by atoms with Crippen LogP contribution in [-0.2, 0) is 10.2 Å². The number of nitrogens with zero attached hydrogens (tertiary/aromatic N) is 3. The second-order valence-electron chi connectivity index (χ2n) is 7.57. The van der Waals surface area contributed by atoms with Gasteiger partial charge in [-0.25, -0.2) is 0 Å². The van der Waals surface area contributed by atoms with Gasteiger partial charge in [-0.05, 0) is 37.8 Å². The first-order chi connectivity index (χ1) is 10.7. The molecule has 0 unspecified atom stereocenters. The third kappa shape index (κ3) is 3.47. The molecule has 0 spiro atoms. The molecule has 0 saturated heterocycles. The second-order valence-corrected chi connectivity index (χ2v) is 7.57. The van der Waals surface area contributed by atoms with Crippen LogP contribution in [0.25, 0.3) is 0 Å². The van der Waals surface area contributed by atoms with Crippen molar-refractivity contribution in [3.8, 4) is 6.07 Å². The van der Waals surface area contributed by atoms with Gasteiger partial charge in [0.15, 0.2) is 0 Å². The molecule has 2 N–H and O–H groups in total. The highest BCUT2D eigenvalue weighted by atomic mass is 16.2. The SMILES string of the molecule is CN(C(=O)C(C)(C)C)[C@H]1CC[C@](C#N)(c2ccc(N)cn2)CC1. The minimum Gasteiger partial charge on any atom is -0.397 e. The fourth-order valence-corrected chi connectivity index (χ4v) is 3.29. The number of carbonyl (C=O) groups excluding carboxylic acids is 1. The molecule has 0 radical (unpaired) electrons. The van der Waals surface area contributed by atoms with Crippen LogP contribution in [0.1, 0.15) is 52.1 Å². The van der Waals surface area contributed by atoms with Crippen LogP contribution in [0.4, 0.5) is 5.69 Å². The average molecular weight is 314 g/mol. The van der Waals surface area contributed by atoms with E-state index in [9.17, 15) is 10.1 Å². The third-order valence-electron chi connectivity index (χ3n) is 4.81. The molecule has 0 atom stereocenters. The number of nitrogens with two attached hydrogens (primary N) is 1. The smallest absolute Gasteiger partial charge is 0.227 e. The summed E-state index contributed by atoms with van der Waals surface area (Å²) in [7, 11) is 1.87. The predicted molar refractivity (Wildman–Crippen MR) is 90.4 cm³/mol. The highest BCUT2D eigenvalue weighted by Crippen LogP contribution is 2.40. The molecule has 1 amide bonds. The number of aromatic nitrogens is 1. The summed E-state index contributed by atoms with van der Waals surface area (Å²) in [5.41, 5.74) is 6.14. The van der Waals surface area contributed by atoms with E-state index in [2.05, 4.69) is 11.1 Å². The van der Waals surface area contributed by atoms with E-state index in [0.29, 0.717) is 18.5 Å². The van der Waals surface area contributed by atoms with Crippen molar-refractivity contribution in [1.82, 2.24) is 9.88 Å². The molecule has 1 aromatic rings. The maximum absolute atomic E-state index is 12.4. The first-order valence-electron chi connectivity index (χ1n) is 8.10. The molecule has 0 aliphatic heterocycles. The lowest BCUT2D eigenvalue weighted by Crippen LogP contribution is -2.46. The number of nitriles is 1. The van der Waals surface area contributed by atoms with Crippen molar-refractivity contribution < 1.29 is 4.79 Å². The molecule has 2 rings (SSSR count). The summed E-state index contributed by atoms with van der Waals surface area (Å²) < 4.78 is 0. The zero-order valence-corrected chi connectivity index (χ0v) is 14.5. The van der Waals surface area contributed by atoms with Crippen molar-refractivity contribution in [1.29, 1.82) is 5.26 Å². The first kappa shape index (κ1) is 17.3. The largest absolute Gasteiger partial charge is 0.397 e. The summed E-state index contributed by atoms with van der Waals surface area (Å²) in [6, 6.07) is 6.30. The molecule has 1 saturated carbocycles. The van der Waals surface area contributed by atoms with Crippen LogP contribution in [0.15, 0.2) is 18.3 Å². The number of hydrogen-bond acceptors (Lipinski definition) is 4. The van der Waals surface area contributed by atoms with Crippen molar-refractivity contribution in [2.45, 2.75) is 57.9 Å². The molecule has 1 aliphatic rings. The Balaban J connectivity index is 2.11. The van der Waals surface area contributed by atoms with E-state index in [4.69, 9.17) is 5.73 Å². The van der Waals surface area contributed by atoms with Gasteiger partial charge in [-0.15, -0.1) is 0 Å². The van der Waals surface area contributed by atoms with Crippen LogP contribution < -0.4 is 5.73 Å². The number of carbonyl (C=O) groups is 1. The zero-order valence-electron chi connectivity index (χ0n) is 14.5. The van der Waals surface area contributed by atoms with Gasteiger partial charge in [0.1, 0.15) is 0 Å². The van der Waals surface area contributed by atoms with Crippen molar-refractivity contribution in [2.75, 3.05) is 12.8 Å². The van der Waals surface area contributed by atoms with Gasteiger partial charge in [-0.2, -0.15) is 5.26 Å². The van der Waals surface area contributed by atoms with Crippen molar-refractivity contribution in [2.24, 2.45) is 5.41 Å². The van der Waals surface area contributed by atoms with E-state index >= 15 is 0 Å². The molecule has 124 valence electrons. The van der Waals surface area contributed by atoms with Crippen LogP contribution in [0.5, 0.6) is 0 Å². The fraction of sp³-hybridized carbons (Fsp3) is 0.611. The van der Waals surface area contributed by atoms with Gasteiger partial charge in [0.2, 0.25) is 5.91 Å². The zero-order chi connectivity index (χ0) is 17.3. The summed E-state index contributed by atoms with van der Waals surface area (Å²) in [5, 5.41) is 9.73. The van der Waals surface area contributed by atoms with Gasteiger partial charge < -0.3 is 10.6 Å². The Morgan fingerprint density at radius 3 is 2.43 bits per heavy atom. The summed E-state index contributed by atoms with van der Waals surface area (Å²) in [5.74, 6) is 0.151. The molecular weight excluding hydrogens is 288 g/mol. The highest BCUT2D eigenvalue weighted by molar-refractivity contribution is 5.81. The molecule has 5 nitrogen and oxygen atoms in total. The monoisotopic (exact) mass is 314 g/mol. The molecule has 0 bridgehead atoms. The van der Waals surface area contributed by atoms with E-state index in [1.807, 2.05) is 38.8 Å². The predicted octanol–water partition coefficient (Wildman–Crippen LogP) is 2.87. The maximum Gasteiger partial charge on any atom is 0.227 e. The van der Waals surface area contributed by atoms with E-state index in [0.717, 1.165) is 18.5 Å². The van der Waals surface area contributed by atoms with Crippen LogP contribution in [-0.4, -0.2) is 28.9 Å². The Morgan fingerprint density at radius 1 is 1.39 bits per heavy atom. The summed E-state index contributed by atoms with van der Waals surface area (Å²) in [4.78, 5) is 18.7. The number of anilines is 1. The Hall–Kier alpha value is -2.09. The lowest BCUT2D eigenvalue weighted by molar-refractivity contribution is -0.141. The summed E-state index contributed by atoms with van der Waals surface area (Å²) in [6.45, 7) is 5.81. The Bertz CT molecular complexity index is 601. The van der Waals surface area contributed by atoms with E-state index in [1.54, 1.807) is 12.3 Å². The van der Waals surface area contributed by atoms with Gasteiger partial charge in [-0.1, -0.05) is 20.8 Å². The number of hydrogen-bond donors (Lipinski definition) is 1. The van der Waals surface area contributed by atoms with Crippen molar-refractivity contribution in [3.63, 3.8) is 0 Å². The lowest BCUT2D eigenvalue weighted by atomic mass is 9.70. The molecular formula is C18H26N4O. The van der Waals surface area contributed by atoms with Gasteiger partial charge in [0.25, 0.3) is 0 Å². The average Bonchev–Trinajstić information content (AvgIpc) is 2.53. The number of nitrogen functional groups attached to an aromatic ring is 1. The topological polar surface area (TPSA) is 83.0 Å². The third-order valence-corrected chi connectivity index (χ3v) is 4.81. The second kappa shape index (κ2) is 6.19. The minimum atomic E-state index is -0.560. The standard InChI is InChI=1S/C18H26N4O/c1-17(2,3)16(23)22(4)14-7-9-18(12-19,10-8-14)15-6-5-13(20)11-21-15/h5-6,11,14H,7-10,20H2,1-4H3/t14-,18-. The molecule has 1 aromatic heterocycles. The molecule has 5 heteroatoms. The number of pyridine rings is 1. The van der Waals surface area contributed by atoms with Crippen molar-refractivity contribution in [3.05, 3.63) is 24.0 Å². The summed E-state index contributed by atoms with van der Waals surface area (Å²) >= 11 is 0. The van der Waals surface area contributed by atoms with Gasteiger partial charge in [0, 0.05) is 18.5 Å². The molecule has 0 aromatic carbocycles. The molecule has 1 fully saturated rings. The molecule has 1 aliphatic carbocycles. The Labute approximate surface area is 138 Å². The van der Waals surface area contributed by atoms with E-state index in [-0.39, 0.29) is 17.4 Å². The molecule has 1 heterocycles. The van der Waals surface area contributed by atoms with Gasteiger partial charge in [-0.3, -0.25) is 9.78 Å². The number of rotatable bonds is 2. The van der Waals surface area contributed by atoms with E-state index < -0.39 is 5.41 Å². The van der Waals surface area contributed by atoms with Crippen LogP contribution >= 0.6 is 0 Å². The lowest BCUT2D eigenvalue weighted by Gasteiger charge is -2.40. The van der Waals surface area contributed by atoms with E-state index in [1.165, 1.54) is 0 Å². The van der Waals surface area contributed by atoms with Gasteiger partial charge >= 0.3 is 0 Å². The van der Waals surface area contributed by atoms with Crippen LogP contribution in [0.2, 0.25) is 0 Å². The number of amides is 1. The summed E-state index contributed by atoms with van der Waals surface area (Å²) in [6.07, 6.45) is 4.67. The minimum absolute atomic E-state index is 0.151. The Morgan fingerprint density at radius 2 is 2.00 bits per heavy atom. The normalized spacial score (nSPS) is 24.7. The van der Waals surface area contributed by atoms with Gasteiger partial charge in [0.05, 0.1) is 29.1 Å².